The van der Waals surface area contributed by atoms with Crippen molar-refractivity contribution in [2.24, 2.45) is 0 Å². The van der Waals surface area contributed by atoms with Gasteiger partial charge in [-0.15, -0.1) is 0 Å². The third kappa shape index (κ3) is 3.97. The monoisotopic (exact) mass is 339 g/mol. The van der Waals surface area contributed by atoms with Crippen molar-refractivity contribution in [1.29, 1.82) is 0 Å². The summed E-state index contributed by atoms with van der Waals surface area (Å²) in [6.07, 6.45) is 7.40. The molecule has 2 aromatic carbocycles. The van der Waals surface area contributed by atoms with Gasteiger partial charge in [-0.05, 0) is 48.2 Å². The van der Waals surface area contributed by atoms with Gasteiger partial charge in [0.2, 0.25) is 5.91 Å². The zero-order valence-corrected chi connectivity index (χ0v) is 15.6. The van der Waals surface area contributed by atoms with E-state index in [0.29, 0.717) is 6.04 Å². The molecule has 0 unspecified atom stereocenters. The highest BCUT2D eigenvalue weighted by Crippen LogP contribution is 2.28. The van der Waals surface area contributed by atoms with Crippen molar-refractivity contribution in [1.82, 2.24) is 4.90 Å². The van der Waals surface area contributed by atoms with Crippen LogP contribution in [0.2, 0.25) is 0 Å². The van der Waals surface area contributed by atoms with E-state index in [1.54, 1.807) is 7.11 Å². The lowest BCUT2D eigenvalue weighted by Crippen LogP contribution is -2.39. The van der Waals surface area contributed by atoms with Gasteiger partial charge in [-0.3, -0.25) is 4.79 Å². The van der Waals surface area contributed by atoms with Crippen molar-refractivity contribution < 1.29 is 9.53 Å². The number of nitrogens with zero attached hydrogens (tertiary/aromatic N) is 1. The molecule has 3 rings (SSSR count). The number of carbonyl (C=O) groups excluding carboxylic acids is 1. The molecule has 3 nitrogen and oxygen atoms in total. The summed E-state index contributed by atoms with van der Waals surface area (Å²) >= 11 is 0. The number of ether oxygens (including phenoxy) is 1. The lowest BCUT2D eigenvalue weighted by Gasteiger charge is -2.30. The summed E-state index contributed by atoms with van der Waals surface area (Å²) in [4.78, 5) is 15.0. The predicted molar refractivity (Wildman–Crippen MR) is 103 cm³/mol. The number of hydrogen-bond donors (Lipinski definition) is 0. The zero-order chi connectivity index (χ0) is 17.8. The molecule has 0 heterocycles. The molecule has 1 fully saturated rings. The molecule has 1 saturated carbocycles. The van der Waals surface area contributed by atoms with Crippen molar-refractivity contribution in [3.8, 4) is 5.75 Å². The Labute approximate surface area is 151 Å². The molecule has 1 aliphatic rings. The fourth-order valence-corrected chi connectivity index (χ4v) is 3.91. The number of likely N-dealkylation sites (N-methyl/N-ethyl adjacent to an activating group) is 1. The van der Waals surface area contributed by atoms with Crippen molar-refractivity contribution in [2.45, 2.75) is 57.4 Å². The first-order valence-electron chi connectivity index (χ1n) is 9.44. The molecule has 1 atom stereocenters. The van der Waals surface area contributed by atoms with Gasteiger partial charge < -0.3 is 9.64 Å². The standard InChI is InChI=1S/C22H29NO2/c1-16(22(24)23(2)20-8-6-4-5-7-9-20)17-10-11-19-15-21(25-3)13-12-18(19)14-17/h10-16,20H,4-9H2,1-3H3/t16-/m0/s1. The van der Waals surface area contributed by atoms with Crippen LogP contribution in [0, 0.1) is 0 Å². The maximum Gasteiger partial charge on any atom is 0.229 e. The molecule has 0 spiro atoms. The summed E-state index contributed by atoms with van der Waals surface area (Å²) in [6, 6.07) is 12.8. The number of carbonyl (C=O) groups is 1. The van der Waals surface area contributed by atoms with E-state index in [1.165, 1.54) is 25.7 Å². The molecular formula is C22H29NO2. The fourth-order valence-electron chi connectivity index (χ4n) is 3.91. The molecule has 2 aromatic rings. The smallest absolute Gasteiger partial charge is 0.229 e. The van der Waals surface area contributed by atoms with E-state index in [-0.39, 0.29) is 11.8 Å². The highest BCUT2D eigenvalue weighted by atomic mass is 16.5. The predicted octanol–water partition coefficient (Wildman–Crippen LogP) is 5.13. The Bertz CT molecular complexity index is 732. The molecule has 134 valence electrons. The molecule has 0 aliphatic heterocycles. The maximum atomic E-state index is 13.0. The van der Waals surface area contributed by atoms with Gasteiger partial charge in [0.15, 0.2) is 0 Å². The number of amides is 1. The summed E-state index contributed by atoms with van der Waals surface area (Å²) in [5.41, 5.74) is 1.09. The van der Waals surface area contributed by atoms with E-state index in [4.69, 9.17) is 4.74 Å². The molecule has 0 radical (unpaired) electrons. The Morgan fingerprint density at radius 1 is 1.04 bits per heavy atom. The van der Waals surface area contributed by atoms with Crippen molar-refractivity contribution in [3.05, 3.63) is 42.0 Å². The van der Waals surface area contributed by atoms with Crippen LogP contribution in [0.3, 0.4) is 0 Å². The Balaban J connectivity index is 1.77. The van der Waals surface area contributed by atoms with Gasteiger partial charge in [0.1, 0.15) is 5.75 Å². The fraction of sp³-hybridized carbons (Fsp3) is 0.500. The number of rotatable bonds is 4. The molecule has 0 aromatic heterocycles. The third-order valence-corrected chi connectivity index (χ3v) is 5.66. The van der Waals surface area contributed by atoms with Crippen molar-refractivity contribution >= 4 is 16.7 Å². The lowest BCUT2D eigenvalue weighted by atomic mass is 9.95. The highest BCUT2D eigenvalue weighted by Gasteiger charge is 2.25. The zero-order valence-electron chi connectivity index (χ0n) is 15.6. The second-order valence-corrected chi connectivity index (χ2v) is 7.29. The second-order valence-electron chi connectivity index (χ2n) is 7.29. The van der Waals surface area contributed by atoms with Gasteiger partial charge in [0.25, 0.3) is 0 Å². The summed E-state index contributed by atoms with van der Waals surface area (Å²) in [5.74, 6) is 0.983. The number of fused-ring (bicyclic) bond motifs is 1. The number of methoxy groups -OCH3 is 1. The molecule has 0 saturated heterocycles. The van der Waals surface area contributed by atoms with Gasteiger partial charge >= 0.3 is 0 Å². The van der Waals surface area contributed by atoms with Crippen LogP contribution in [0.15, 0.2) is 36.4 Å². The minimum absolute atomic E-state index is 0.111. The Kier molecular flexibility index (Phi) is 5.62. The highest BCUT2D eigenvalue weighted by molar-refractivity contribution is 5.88. The average Bonchev–Trinajstić information content (AvgIpc) is 2.94. The van der Waals surface area contributed by atoms with Crippen molar-refractivity contribution in [2.75, 3.05) is 14.2 Å². The number of hydrogen-bond acceptors (Lipinski definition) is 2. The first-order valence-corrected chi connectivity index (χ1v) is 9.44. The van der Waals surface area contributed by atoms with Crippen LogP contribution in [0.4, 0.5) is 0 Å². The van der Waals surface area contributed by atoms with Crippen LogP contribution >= 0.6 is 0 Å². The van der Waals surface area contributed by atoms with Gasteiger partial charge in [-0.2, -0.15) is 0 Å². The Hall–Kier alpha value is -2.03. The van der Waals surface area contributed by atoms with Crippen LogP contribution in [0.25, 0.3) is 10.8 Å². The maximum absolute atomic E-state index is 13.0. The van der Waals surface area contributed by atoms with Crippen LogP contribution in [0.5, 0.6) is 5.75 Å². The first-order chi connectivity index (χ1) is 12.1. The van der Waals surface area contributed by atoms with Crippen LogP contribution in [-0.4, -0.2) is 31.0 Å². The normalized spacial score (nSPS) is 17.1. The Morgan fingerprint density at radius 2 is 1.68 bits per heavy atom. The van der Waals surface area contributed by atoms with Gasteiger partial charge in [-0.1, -0.05) is 49.9 Å². The summed E-state index contributed by atoms with van der Waals surface area (Å²) in [6.45, 7) is 2.03. The van der Waals surface area contributed by atoms with E-state index in [9.17, 15) is 4.79 Å². The Morgan fingerprint density at radius 3 is 2.36 bits per heavy atom. The molecule has 3 heteroatoms. The minimum atomic E-state index is -0.111. The second kappa shape index (κ2) is 7.90. The summed E-state index contributed by atoms with van der Waals surface area (Å²) in [7, 11) is 3.67. The third-order valence-electron chi connectivity index (χ3n) is 5.66. The van der Waals surface area contributed by atoms with Gasteiger partial charge in [0, 0.05) is 13.1 Å². The van der Waals surface area contributed by atoms with Crippen LogP contribution in [0.1, 0.15) is 56.9 Å². The molecule has 1 aliphatic carbocycles. The molecular weight excluding hydrogens is 310 g/mol. The van der Waals surface area contributed by atoms with Crippen LogP contribution in [-0.2, 0) is 4.79 Å². The number of benzene rings is 2. The molecule has 1 amide bonds. The van der Waals surface area contributed by atoms with Gasteiger partial charge in [0.05, 0.1) is 13.0 Å². The van der Waals surface area contributed by atoms with E-state index < -0.39 is 0 Å². The SMILES string of the molecule is COc1ccc2cc([C@H](C)C(=O)N(C)C3CCCCCC3)ccc2c1. The summed E-state index contributed by atoms with van der Waals surface area (Å²) in [5, 5.41) is 2.29. The summed E-state index contributed by atoms with van der Waals surface area (Å²) < 4.78 is 5.29. The van der Waals surface area contributed by atoms with E-state index in [0.717, 1.165) is 34.9 Å². The molecule has 25 heavy (non-hydrogen) atoms. The van der Waals surface area contributed by atoms with Gasteiger partial charge in [-0.25, -0.2) is 0 Å². The van der Waals surface area contributed by atoms with E-state index >= 15 is 0 Å². The lowest BCUT2D eigenvalue weighted by molar-refractivity contribution is -0.133. The quantitative estimate of drug-likeness (QED) is 0.722. The van der Waals surface area contributed by atoms with E-state index in [2.05, 4.69) is 24.3 Å². The van der Waals surface area contributed by atoms with Crippen LogP contribution < -0.4 is 4.74 Å². The van der Waals surface area contributed by atoms with E-state index in [1.807, 2.05) is 31.0 Å². The topological polar surface area (TPSA) is 29.5 Å². The largest absolute Gasteiger partial charge is 0.497 e. The average molecular weight is 339 g/mol. The minimum Gasteiger partial charge on any atom is -0.497 e. The molecule has 0 N–H and O–H groups in total. The first kappa shape index (κ1) is 17.8. The van der Waals surface area contributed by atoms with Crippen molar-refractivity contribution in [3.63, 3.8) is 0 Å². The molecule has 0 bridgehead atoms.